The Morgan fingerprint density at radius 1 is 1.52 bits per heavy atom. The highest BCUT2D eigenvalue weighted by Crippen LogP contribution is 2.22. The predicted molar refractivity (Wildman–Crippen MR) is 105 cm³/mol. The minimum absolute atomic E-state index is 0.366. The molecule has 0 unspecified atom stereocenters. The number of nitriles is 1. The summed E-state index contributed by atoms with van der Waals surface area (Å²) >= 11 is 7.51. The third-order valence-electron chi connectivity index (χ3n) is 3.60. The highest BCUT2D eigenvalue weighted by Gasteiger charge is 2.12. The van der Waals surface area contributed by atoms with E-state index in [4.69, 9.17) is 21.6 Å². The molecular formula is C18H19ClN4O3S. The molecule has 9 heteroatoms. The molecule has 27 heavy (non-hydrogen) atoms. The van der Waals surface area contributed by atoms with E-state index in [2.05, 4.69) is 17.3 Å². The largest absolute Gasteiger partial charge is 0.452 e. The number of anilines is 1. The van der Waals surface area contributed by atoms with Gasteiger partial charge in [-0.25, -0.2) is 4.79 Å². The first-order valence-electron chi connectivity index (χ1n) is 8.31. The number of unbranched alkanes of at least 4 members (excludes halogenated alkanes) is 1. The second kappa shape index (κ2) is 9.90. The number of carbonyl (C=O) groups is 2. The van der Waals surface area contributed by atoms with Crippen molar-refractivity contribution < 1.29 is 14.3 Å². The van der Waals surface area contributed by atoms with Crippen molar-refractivity contribution in [2.24, 2.45) is 0 Å². The fourth-order valence-corrected chi connectivity index (χ4v) is 3.28. The van der Waals surface area contributed by atoms with Crippen molar-refractivity contribution in [1.29, 1.82) is 5.26 Å². The lowest BCUT2D eigenvalue weighted by atomic mass is 10.2. The normalized spacial score (nSPS) is 10.7. The summed E-state index contributed by atoms with van der Waals surface area (Å²) in [6.45, 7) is 4.15. The van der Waals surface area contributed by atoms with Crippen LogP contribution in [0.2, 0.25) is 5.15 Å². The van der Waals surface area contributed by atoms with Gasteiger partial charge >= 0.3 is 5.97 Å². The van der Waals surface area contributed by atoms with Gasteiger partial charge < -0.3 is 10.1 Å². The number of hydrogen-bond acceptors (Lipinski definition) is 6. The van der Waals surface area contributed by atoms with Gasteiger partial charge in [0.2, 0.25) is 0 Å². The molecule has 0 atom stereocenters. The quantitative estimate of drug-likeness (QED) is 0.531. The topological polar surface area (TPSA) is 97.0 Å². The van der Waals surface area contributed by atoms with Crippen LogP contribution < -0.4 is 5.32 Å². The summed E-state index contributed by atoms with van der Waals surface area (Å²) in [4.78, 5) is 23.7. The third kappa shape index (κ3) is 5.67. The number of thiophene rings is 1. The summed E-state index contributed by atoms with van der Waals surface area (Å²) < 4.78 is 6.61. The van der Waals surface area contributed by atoms with Crippen LogP contribution in [0.3, 0.4) is 0 Å². The van der Waals surface area contributed by atoms with Crippen LogP contribution >= 0.6 is 22.9 Å². The lowest BCUT2D eigenvalue weighted by Gasteiger charge is -2.03. The third-order valence-corrected chi connectivity index (χ3v) is 4.83. The molecule has 7 nitrogen and oxygen atoms in total. The fourth-order valence-electron chi connectivity index (χ4n) is 2.21. The Labute approximate surface area is 166 Å². The van der Waals surface area contributed by atoms with Gasteiger partial charge in [0.15, 0.2) is 6.61 Å². The number of ether oxygens (including phenoxy) is 1. The number of rotatable bonds is 8. The zero-order chi connectivity index (χ0) is 19.8. The van der Waals surface area contributed by atoms with E-state index in [0.29, 0.717) is 33.5 Å². The Bertz CT molecular complexity index is 895. The molecule has 0 aliphatic rings. The Morgan fingerprint density at radius 2 is 2.30 bits per heavy atom. The van der Waals surface area contributed by atoms with Gasteiger partial charge in [0.25, 0.3) is 5.91 Å². The van der Waals surface area contributed by atoms with Crippen molar-refractivity contribution in [1.82, 2.24) is 9.78 Å². The van der Waals surface area contributed by atoms with Gasteiger partial charge in [0, 0.05) is 18.2 Å². The summed E-state index contributed by atoms with van der Waals surface area (Å²) in [5.41, 5.74) is 1.72. The van der Waals surface area contributed by atoms with E-state index in [-0.39, 0.29) is 0 Å². The number of amides is 1. The molecule has 0 aliphatic carbocycles. The molecule has 0 spiro atoms. The molecule has 1 amide bonds. The fraction of sp³-hybridized carbons (Fsp3) is 0.333. The molecule has 142 valence electrons. The summed E-state index contributed by atoms with van der Waals surface area (Å²) in [5.74, 6) is -1.19. The molecule has 2 aromatic rings. The summed E-state index contributed by atoms with van der Waals surface area (Å²) in [7, 11) is 0. The first kappa shape index (κ1) is 20.7. The van der Waals surface area contributed by atoms with Crippen molar-refractivity contribution in [3.05, 3.63) is 39.5 Å². The molecule has 2 heterocycles. The highest BCUT2D eigenvalue weighted by molar-refractivity contribution is 7.14. The van der Waals surface area contributed by atoms with E-state index < -0.39 is 18.5 Å². The number of hydrogen-bond donors (Lipinski definition) is 1. The number of esters is 1. The highest BCUT2D eigenvalue weighted by atomic mass is 35.5. The maximum Gasteiger partial charge on any atom is 0.331 e. The standard InChI is InChI=1S/C18H19ClN4O3S/c1-3-4-8-23-17(19)14(12(2)22-23)5-6-16(25)26-11-15(24)21-18-13(10-20)7-9-27-18/h5-7,9H,3-4,8,11H2,1-2H3,(H,21,24)/b6-5+. The average Bonchev–Trinajstić information content (AvgIpc) is 3.20. The van der Waals surface area contributed by atoms with Crippen molar-refractivity contribution in [3.63, 3.8) is 0 Å². The zero-order valence-corrected chi connectivity index (χ0v) is 16.6. The van der Waals surface area contributed by atoms with E-state index in [1.165, 1.54) is 23.5 Å². The number of nitrogens with one attached hydrogen (secondary N) is 1. The van der Waals surface area contributed by atoms with Gasteiger partial charge in [0.1, 0.15) is 16.2 Å². The number of nitrogens with zero attached hydrogens (tertiary/aromatic N) is 3. The van der Waals surface area contributed by atoms with E-state index >= 15 is 0 Å². The van der Waals surface area contributed by atoms with Crippen LogP contribution in [0.25, 0.3) is 6.08 Å². The second-order valence-corrected chi connectivity index (χ2v) is 6.91. The van der Waals surface area contributed by atoms with Gasteiger partial charge in [0.05, 0.1) is 11.3 Å². The van der Waals surface area contributed by atoms with Crippen LogP contribution in [-0.2, 0) is 20.9 Å². The minimum Gasteiger partial charge on any atom is -0.452 e. The number of aromatic nitrogens is 2. The molecule has 0 saturated carbocycles. The number of carbonyl (C=O) groups excluding carboxylic acids is 2. The predicted octanol–water partition coefficient (Wildman–Crippen LogP) is 3.77. The van der Waals surface area contributed by atoms with Crippen molar-refractivity contribution in [2.45, 2.75) is 33.2 Å². The number of aryl methyl sites for hydroxylation is 2. The van der Waals surface area contributed by atoms with Gasteiger partial charge in [-0.05, 0) is 30.9 Å². The molecule has 1 N–H and O–H groups in total. The molecule has 0 saturated heterocycles. The van der Waals surface area contributed by atoms with Crippen LogP contribution in [-0.4, -0.2) is 28.3 Å². The molecule has 2 rings (SSSR count). The average molecular weight is 407 g/mol. The minimum atomic E-state index is -0.673. The lowest BCUT2D eigenvalue weighted by molar-refractivity contribution is -0.142. The van der Waals surface area contributed by atoms with Crippen molar-refractivity contribution >= 4 is 45.9 Å². The first-order chi connectivity index (χ1) is 13.0. The Kier molecular flexibility index (Phi) is 7.58. The maximum atomic E-state index is 11.8. The summed E-state index contributed by atoms with van der Waals surface area (Å²) in [5, 5.41) is 18.4. The lowest BCUT2D eigenvalue weighted by Crippen LogP contribution is -2.20. The molecule has 0 radical (unpaired) electrons. The maximum absolute atomic E-state index is 11.8. The van der Waals surface area contributed by atoms with Crippen LogP contribution in [0.15, 0.2) is 17.5 Å². The van der Waals surface area contributed by atoms with Gasteiger partial charge in [-0.1, -0.05) is 24.9 Å². The second-order valence-electron chi connectivity index (χ2n) is 5.63. The van der Waals surface area contributed by atoms with Crippen LogP contribution in [0.1, 0.15) is 36.6 Å². The van der Waals surface area contributed by atoms with Crippen LogP contribution in [0.5, 0.6) is 0 Å². The Balaban J connectivity index is 1.89. The van der Waals surface area contributed by atoms with Crippen molar-refractivity contribution in [3.8, 4) is 6.07 Å². The van der Waals surface area contributed by atoms with Gasteiger partial charge in [-0.3, -0.25) is 9.48 Å². The molecule has 0 bridgehead atoms. The number of halogens is 1. The van der Waals surface area contributed by atoms with Gasteiger partial charge in [-0.15, -0.1) is 11.3 Å². The zero-order valence-electron chi connectivity index (χ0n) is 15.0. The Morgan fingerprint density at radius 3 is 3.00 bits per heavy atom. The smallest absolute Gasteiger partial charge is 0.331 e. The molecule has 0 aromatic carbocycles. The Hall–Kier alpha value is -2.63. The SMILES string of the molecule is CCCCn1nc(C)c(/C=C/C(=O)OCC(=O)Nc2sccc2C#N)c1Cl. The first-order valence-corrected chi connectivity index (χ1v) is 9.57. The molecular weight excluding hydrogens is 388 g/mol. The van der Waals surface area contributed by atoms with Crippen LogP contribution in [0, 0.1) is 18.3 Å². The molecule has 0 aliphatic heterocycles. The summed E-state index contributed by atoms with van der Waals surface area (Å²) in [6.07, 6.45) is 4.72. The van der Waals surface area contributed by atoms with E-state index in [0.717, 1.165) is 12.8 Å². The molecule has 0 fully saturated rings. The monoisotopic (exact) mass is 406 g/mol. The van der Waals surface area contributed by atoms with E-state index in [1.54, 1.807) is 23.1 Å². The van der Waals surface area contributed by atoms with Gasteiger partial charge in [-0.2, -0.15) is 10.4 Å². The van der Waals surface area contributed by atoms with E-state index in [9.17, 15) is 9.59 Å². The van der Waals surface area contributed by atoms with E-state index in [1.807, 2.05) is 6.07 Å². The molecule has 2 aromatic heterocycles. The van der Waals surface area contributed by atoms with Crippen molar-refractivity contribution in [2.75, 3.05) is 11.9 Å². The summed E-state index contributed by atoms with van der Waals surface area (Å²) in [6, 6.07) is 3.56. The van der Waals surface area contributed by atoms with Crippen LogP contribution in [0.4, 0.5) is 5.00 Å².